The Hall–Kier alpha value is -1.55. The van der Waals surface area contributed by atoms with E-state index in [1.54, 1.807) is 0 Å². The van der Waals surface area contributed by atoms with Crippen LogP contribution in [0.15, 0.2) is 29.3 Å². The molecule has 2 N–H and O–H groups in total. The monoisotopic (exact) mass is 330 g/mol. The Balaban J connectivity index is 1.67. The van der Waals surface area contributed by atoms with Crippen molar-refractivity contribution >= 4 is 5.96 Å². The van der Waals surface area contributed by atoms with E-state index in [4.69, 9.17) is 0 Å². The molecule has 0 spiro atoms. The average Bonchev–Trinajstić information content (AvgIpc) is 2.58. The van der Waals surface area contributed by atoms with Crippen LogP contribution < -0.4 is 10.6 Å². The van der Waals surface area contributed by atoms with Crippen LogP contribution in [0.4, 0.5) is 0 Å². The molecular weight excluding hydrogens is 296 g/mol. The lowest BCUT2D eigenvalue weighted by Gasteiger charge is -2.31. The predicted molar refractivity (Wildman–Crippen MR) is 104 cm³/mol. The van der Waals surface area contributed by atoms with Crippen molar-refractivity contribution in [3.63, 3.8) is 0 Å². The molecule has 2 atom stereocenters. The third-order valence-corrected chi connectivity index (χ3v) is 5.09. The largest absolute Gasteiger partial charge is 0.356 e. The lowest BCUT2D eigenvalue weighted by Crippen LogP contribution is -2.44. The third kappa shape index (κ3) is 5.23. The normalized spacial score (nSPS) is 18.0. The van der Waals surface area contributed by atoms with Gasteiger partial charge in [-0.1, -0.05) is 38.1 Å². The molecule has 2 unspecified atom stereocenters. The molecule has 1 aromatic carbocycles. The Morgan fingerprint density at radius 1 is 1.29 bits per heavy atom. The highest BCUT2D eigenvalue weighted by Gasteiger charge is 2.25. The maximum atomic E-state index is 4.37. The zero-order valence-corrected chi connectivity index (χ0v) is 15.8. The second kappa shape index (κ2) is 9.67. The second-order valence-electron chi connectivity index (χ2n) is 6.77. The van der Waals surface area contributed by atoms with E-state index in [-0.39, 0.29) is 0 Å². The van der Waals surface area contributed by atoms with E-state index in [0.29, 0.717) is 12.0 Å². The van der Waals surface area contributed by atoms with Crippen molar-refractivity contribution in [1.82, 2.24) is 15.5 Å². The van der Waals surface area contributed by atoms with Gasteiger partial charge in [0.05, 0.1) is 0 Å². The molecule has 0 heterocycles. The first-order valence-electron chi connectivity index (χ1n) is 9.45. The summed E-state index contributed by atoms with van der Waals surface area (Å²) >= 11 is 0. The summed E-state index contributed by atoms with van der Waals surface area (Å²) in [5.41, 5.74) is 2.99. The molecule has 0 bridgehead atoms. The van der Waals surface area contributed by atoms with Gasteiger partial charge in [0.1, 0.15) is 0 Å². The molecule has 1 aliphatic carbocycles. The minimum atomic E-state index is 0.445. The summed E-state index contributed by atoms with van der Waals surface area (Å²) in [6.07, 6.45) is 3.58. The molecule has 4 heteroatoms. The third-order valence-electron chi connectivity index (χ3n) is 5.09. The molecule has 0 saturated heterocycles. The Labute approximate surface area is 147 Å². The van der Waals surface area contributed by atoms with E-state index in [2.05, 4.69) is 65.6 Å². The van der Waals surface area contributed by atoms with E-state index in [0.717, 1.165) is 25.6 Å². The van der Waals surface area contributed by atoms with Gasteiger partial charge in [0, 0.05) is 25.6 Å². The van der Waals surface area contributed by atoms with Gasteiger partial charge < -0.3 is 15.5 Å². The number of hydrogen-bond donors (Lipinski definition) is 2. The van der Waals surface area contributed by atoms with E-state index in [1.165, 1.54) is 36.9 Å². The number of aliphatic imine (C=N–C) groups is 1. The van der Waals surface area contributed by atoms with Crippen molar-refractivity contribution < 1.29 is 0 Å². The van der Waals surface area contributed by atoms with E-state index >= 15 is 0 Å². The van der Waals surface area contributed by atoms with Crippen LogP contribution in [0.3, 0.4) is 0 Å². The first-order valence-corrected chi connectivity index (χ1v) is 9.45. The van der Waals surface area contributed by atoms with Gasteiger partial charge in [0.25, 0.3) is 0 Å². The number of benzene rings is 1. The molecule has 0 aromatic heterocycles. The molecule has 0 radical (unpaired) electrons. The highest BCUT2D eigenvalue weighted by molar-refractivity contribution is 5.80. The van der Waals surface area contributed by atoms with Crippen LogP contribution in [0.1, 0.15) is 50.7 Å². The van der Waals surface area contributed by atoms with Gasteiger partial charge >= 0.3 is 0 Å². The predicted octanol–water partition coefficient (Wildman–Crippen LogP) is 3.00. The SMILES string of the molecule is CCN(CC)CCCC(C)NC(=NC)NCC1Cc2ccccc21. The van der Waals surface area contributed by atoms with Gasteiger partial charge in [-0.05, 0) is 56.9 Å². The van der Waals surface area contributed by atoms with Crippen molar-refractivity contribution in [2.75, 3.05) is 33.2 Å². The Kier molecular flexibility index (Phi) is 7.57. The highest BCUT2D eigenvalue weighted by atomic mass is 15.2. The van der Waals surface area contributed by atoms with Gasteiger partial charge in [-0.15, -0.1) is 0 Å². The van der Waals surface area contributed by atoms with Crippen LogP contribution in [0.2, 0.25) is 0 Å². The van der Waals surface area contributed by atoms with Crippen molar-refractivity contribution in [3.8, 4) is 0 Å². The molecule has 134 valence electrons. The summed E-state index contributed by atoms with van der Waals surface area (Å²) in [5, 5.41) is 7.02. The first-order chi connectivity index (χ1) is 11.7. The molecule has 2 rings (SSSR count). The summed E-state index contributed by atoms with van der Waals surface area (Å²) in [4.78, 5) is 6.85. The highest BCUT2D eigenvalue weighted by Crippen LogP contribution is 2.33. The minimum absolute atomic E-state index is 0.445. The van der Waals surface area contributed by atoms with E-state index < -0.39 is 0 Å². The van der Waals surface area contributed by atoms with Gasteiger partial charge in [-0.25, -0.2) is 0 Å². The molecule has 0 aliphatic heterocycles. The molecule has 0 saturated carbocycles. The van der Waals surface area contributed by atoms with Gasteiger partial charge in [-0.2, -0.15) is 0 Å². The van der Waals surface area contributed by atoms with Crippen LogP contribution in [0.5, 0.6) is 0 Å². The van der Waals surface area contributed by atoms with E-state index in [9.17, 15) is 0 Å². The molecule has 0 fully saturated rings. The van der Waals surface area contributed by atoms with Crippen LogP contribution in [-0.2, 0) is 6.42 Å². The van der Waals surface area contributed by atoms with Crippen LogP contribution in [0, 0.1) is 0 Å². The van der Waals surface area contributed by atoms with Crippen molar-refractivity contribution in [2.45, 2.75) is 52.0 Å². The smallest absolute Gasteiger partial charge is 0.191 e. The summed E-state index contributed by atoms with van der Waals surface area (Å²) in [7, 11) is 1.85. The number of nitrogens with zero attached hydrogens (tertiary/aromatic N) is 2. The quantitative estimate of drug-likeness (QED) is 0.540. The average molecular weight is 331 g/mol. The van der Waals surface area contributed by atoms with Crippen LogP contribution >= 0.6 is 0 Å². The van der Waals surface area contributed by atoms with E-state index in [1.807, 2.05) is 7.05 Å². The molecule has 4 nitrogen and oxygen atoms in total. The van der Waals surface area contributed by atoms with Gasteiger partial charge in [0.2, 0.25) is 0 Å². The van der Waals surface area contributed by atoms with Crippen molar-refractivity contribution in [1.29, 1.82) is 0 Å². The summed E-state index contributed by atoms with van der Waals surface area (Å²) in [5.74, 6) is 1.55. The zero-order valence-electron chi connectivity index (χ0n) is 15.8. The fourth-order valence-corrected chi connectivity index (χ4v) is 3.43. The molecule has 0 amide bonds. The lowest BCUT2D eigenvalue weighted by atomic mass is 9.78. The summed E-state index contributed by atoms with van der Waals surface area (Å²) < 4.78 is 0. The molecule has 1 aliphatic rings. The maximum absolute atomic E-state index is 4.37. The molecule has 1 aromatic rings. The fourth-order valence-electron chi connectivity index (χ4n) is 3.43. The Morgan fingerprint density at radius 2 is 2.04 bits per heavy atom. The molecule has 24 heavy (non-hydrogen) atoms. The Bertz CT molecular complexity index is 522. The van der Waals surface area contributed by atoms with Crippen LogP contribution in [-0.4, -0.2) is 50.1 Å². The lowest BCUT2D eigenvalue weighted by molar-refractivity contribution is 0.292. The summed E-state index contributed by atoms with van der Waals surface area (Å²) in [6.45, 7) is 11.1. The standard InChI is InChI=1S/C20H34N4/c1-5-24(6-2)13-9-10-16(3)23-20(21-4)22-15-18-14-17-11-7-8-12-19(17)18/h7-8,11-12,16,18H,5-6,9-10,13-15H2,1-4H3,(H2,21,22,23). The number of nitrogens with one attached hydrogen (secondary N) is 2. The van der Waals surface area contributed by atoms with Crippen molar-refractivity contribution in [2.24, 2.45) is 4.99 Å². The van der Waals surface area contributed by atoms with Crippen LogP contribution in [0.25, 0.3) is 0 Å². The number of fused-ring (bicyclic) bond motifs is 1. The first kappa shape index (κ1) is 18.8. The molecular formula is C20H34N4. The van der Waals surface area contributed by atoms with Gasteiger partial charge in [0.15, 0.2) is 5.96 Å². The second-order valence-corrected chi connectivity index (χ2v) is 6.77. The number of hydrogen-bond acceptors (Lipinski definition) is 2. The topological polar surface area (TPSA) is 39.7 Å². The maximum Gasteiger partial charge on any atom is 0.191 e. The fraction of sp³-hybridized carbons (Fsp3) is 0.650. The van der Waals surface area contributed by atoms with Gasteiger partial charge in [-0.3, -0.25) is 4.99 Å². The number of rotatable bonds is 9. The number of guanidine groups is 1. The zero-order chi connectivity index (χ0) is 17.4. The summed E-state index contributed by atoms with van der Waals surface area (Å²) in [6, 6.07) is 9.19. The van der Waals surface area contributed by atoms with Crippen molar-refractivity contribution in [3.05, 3.63) is 35.4 Å². The minimum Gasteiger partial charge on any atom is -0.356 e. The Morgan fingerprint density at radius 3 is 2.71 bits per heavy atom.